The number of nitrogens with two attached hydrogens (primary N) is 1. The molecule has 0 bridgehead atoms. The van der Waals surface area contributed by atoms with E-state index in [1.807, 2.05) is 14.1 Å². The van der Waals surface area contributed by atoms with Crippen molar-refractivity contribution in [1.82, 2.24) is 14.1 Å². The smallest absolute Gasteiger partial charge is 0.277 e. The van der Waals surface area contributed by atoms with E-state index < -0.39 is 10.2 Å². The molecule has 1 rings (SSSR count). The van der Waals surface area contributed by atoms with Crippen molar-refractivity contribution in [2.24, 2.45) is 5.14 Å². The van der Waals surface area contributed by atoms with Gasteiger partial charge in [0, 0.05) is 26.2 Å². The van der Waals surface area contributed by atoms with Crippen LogP contribution >= 0.6 is 0 Å². The number of piperazine rings is 1. The van der Waals surface area contributed by atoms with Gasteiger partial charge in [-0.15, -0.1) is 0 Å². The molecule has 0 atom stereocenters. The summed E-state index contributed by atoms with van der Waals surface area (Å²) >= 11 is 0. The molecule has 7 nitrogen and oxygen atoms in total. The summed E-state index contributed by atoms with van der Waals surface area (Å²) in [6.07, 6.45) is 0. The third-order valence-electron chi connectivity index (χ3n) is 2.40. The molecule has 1 fully saturated rings. The standard InChI is InChI=1S/C8H18N4O3S/c1-10(2)7-8(13)11-3-5-12(6-4-11)16(9,14)15/h3-7H2,1-2H3,(H2,9,14,15). The number of hydrogen-bond acceptors (Lipinski definition) is 4. The number of likely N-dealkylation sites (N-methyl/N-ethyl adjacent to an activating group) is 1. The maximum atomic E-state index is 11.6. The molecule has 0 aromatic rings. The molecule has 1 aliphatic heterocycles. The topological polar surface area (TPSA) is 86.9 Å². The van der Waals surface area contributed by atoms with Gasteiger partial charge in [-0.05, 0) is 14.1 Å². The summed E-state index contributed by atoms with van der Waals surface area (Å²) in [4.78, 5) is 15.1. The zero-order valence-electron chi connectivity index (χ0n) is 9.59. The highest BCUT2D eigenvalue weighted by Crippen LogP contribution is 2.04. The number of rotatable bonds is 3. The zero-order valence-corrected chi connectivity index (χ0v) is 10.4. The second-order valence-electron chi connectivity index (χ2n) is 4.06. The molecule has 1 saturated heterocycles. The van der Waals surface area contributed by atoms with Crippen molar-refractivity contribution in [3.8, 4) is 0 Å². The summed E-state index contributed by atoms with van der Waals surface area (Å²) < 4.78 is 23.3. The van der Waals surface area contributed by atoms with Crippen molar-refractivity contribution in [3.63, 3.8) is 0 Å². The summed E-state index contributed by atoms with van der Waals surface area (Å²) in [6, 6.07) is 0. The zero-order chi connectivity index (χ0) is 12.3. The Hall–Kier alpha value is -0.700. The molecule has 0 aromatic carbocycles. The molecular formula is C8H18N4O3S. The van der Waals surface area contributed by atoms with E-state index in [1.54, 1.807) is 9.80 Å². The normalized spacial score (nSPS) is 19.1. The van der Waals surface area contributed by atoms with Crippen LogP contribution in [-0.2, 0) is 15.0 Å². The van der Waals surface area contributed by atoms with Crippen LogP contribution in [-0.4, -0.2) is 75.2 Å². The lowest BCUT2D eigenvalue weighted by atomic mass is 10.3. The van der Waals surface area contributed by atoms with Gasteiger partial charge in [-0.25, -0.2) is 5.14 Å². The number of carbonyl (C=O) groups is 1. The lowest BCUT2D eigenvalue weighted by Gasteiger charge is -2.33. The first-order valence-electron chi connectivity index (χ1n) is 5.01. The van der Waals surface area contributed by atoms with Crippen molar-refractivity contribution in [2.45, 2.75) is 0 Å². The Labute approximate surface area is 96.0 Å². The molecule has 0 spiro atoms. The molecule has 1 heterocycles. The van der Waals surface area contributed by atoms with Gasteiger partial charge in [-0.1, -0.05) is 0 Å². The van der Waals surface area contributed by atoms with Gasteiger partial charge in [-0.2, -0.15) is 12.7 Å². The van der Waals surface area contributed by atoms with Crippen LogP contribution in [0.1, 0.15) is 0 Å². The van der Waals surface area contributed by atoms with Crippen LogP contribution < -0.4 is 5.14 Å². The van der Waals surface area contributed by atoms with Crippen LogP contribution in [0.25, 0.3) is 0 Å². The fourth-order valence-electron chi connectivity index (χ4n) is 1.56. The van der Waals surface area contributed by atoms with Gasteiger partial charge in [-0.3, -0.25) is 4.79 Å². The van der Waals surface area contributed by atoms with Crippen molar-refractivity contribution < 1.29 is 13.2 Å². The highest BCUT2D eigenvalue weighted by molar-refractivity contribution is 7.86. The van der Waals surface area contributed by atoms with Crippen molar-refractivity contribution in [2.75, 3.05) is 46.8 Å². The summed E-state index contributed by atoms with van der Waals surface area (Å²) in [7, 11) is 0.0228. The summed E-state index contributed by atoms with van der Waals surface area (Å²) in [5, 5.41) is 5.00. The van der Waals surface area contributed by atoms with E-state index in [-0.39, 0.29) is 19.0 Å². The third kappa shape index (κ3) is 3.71. The van der Waals surface area contributed by atoms with Crippen molar-refractivity contribution >= 4 is 16.1 Å². The van der Waals surface area contributed by atoms with Gasteiger partial charge in [0.15, 0.2) is 0 Å². The minimum atomic E-state index is -3.61. The average molecular weight is 250 g/mol. The minimum Gasteiger partial charge on any atom is -0.339 e. The largest absolute Gasteiger partial charge is 0.339 e. The van der Waals surface area contributed by atoms with Gasteiger partial charge in [0.05, 0.1) is 6.54 Å². The number of nitrogens with zero attached hydrogens (tertiary/aromatic N) is 3. The molecule has 0 saturated carbocycles. The Kier molecular flexibility index (Phi) is 4.25. The molecule has 0 aliphatic carbocycles. The predicted octanol–water partition coefficient (Wildman–Crippen LogP) is -2.10. The minimum absolute atomic E-state index is 0.0130. The summed E-state index contributed by atoms with van der Waals surface area (Å²) in [5.41, 5.74) is 0. The fourth-order valence-corrected chi connectivity index (χ4v) is 2.23. The Morgan fingerprint density at radius 1 is 1.25 bits per heavy atom. The van der Waals surface area contributed by atoms with E-state index in [0.29, 0.717) is 19.6 Å². The van der Waals surface area contributed by atoms with Crippen LogP contribution in [0.3, 0.4) is 0 Å². The second-order valence-corrected chi connectivity index (χ2v) is 5.61. The Morgan fingerprint density at radius 3 is 2.12 bits per heavy atom. The molecule has 16 heavy (non-hydrogen) atoms. The van der Waals surface area contributed by atoms with Crippen molar-refractivity contribution in [3.05, 3.63) is 0 Å². The van der Waals surface area contributed by atoms with Crippen LogP contribution in [0.15, 0.2) is 0 Å². The number of amides is 1. The lowest BCUT2D eigenvalue weighted by molar-refractivity contribution is -0.133. The fraction of sp³-hybridized carbons (Fsp3) is 0.875. The molecule has 0 radical (unpaired) electrons. The first-order chi connectivity index (χ1) is 7.30. The van der Waals surface area contributed by atoms with Gasteiger partial charge in [0.1, 0.15) is 0 Å². The van der Waals surface area contributed by atoms with E-state index in [9.17, 15) is 13.2 Å². The van der Waals surface area contributed by atoms with E-state index >= 15 is 0 Å². The summed E-state index contributed by atoms with van der Waals surface area (Å²) in [5.74, 6) is 0.0130. The van der Waals surface area contributed by atoms with Crippen LogP contribution in [0.4, 0.5) is 0 Å². The van der Waals surface area contributed by atoms with Crippen LogP contribution in [0.2, 0.25) is 0 Å². The van der Waals surface area contributed by atoms with E-state index in [0.717, 1.165) is 0 Å². The second kappa shape index (κ2) is 5.09. The number of carbonyl (C=O) groups excluding carboxylic acids is 1. The third-order valence-corrected chi connectivity index (χ3v) is 3.49. The SMILES string of the molecule is CN(C)CC(=O)N1CCN(S(N)(=O)=O)CC1. The molecule has 0 unspecified atom stereocenters. The quantitative estimate of drug-likeness (QED) is 0.621. The van der Waals surface area contributed by atoms with Crippen LogP contribution in [0, 0.1) is 0 Å². The van der Waals surface area contributed by atoms with Gasteiger partial charge < -0.3 is 9.80 Å². The first-order valence-corrected chi connectivity index (χ1v) is 6.51. The Morgan fingerprint density at radius 2 is 1.75 bits per heavy atom. The van der Waals surface area contributed by atoms with Crippen molar-refractivity contribution in [1.29, 1.82) is 0 Å². The molecule has 1 amide bonds. The summed E-state index contributed by atoms with van der Waals surface area (Å²) in [6.45, 7) is 1.71. The highest BCUT2D eigenvalue weighted by atomic mass is 32.2. The van der Waals surface area contributed by atoms with E-state index in [4.69, 9.17) is 5.14 Å². The Balaban J connectivity index is 2.46. The van der Waals surface area contributed by atoms with Gasteiger partial charge >= 0.3 is 0 Å². The molecule has 1 aliphatic rings. The Bertz CT molecular complexity index is 346. The van der Waals surface area contributed by atoms with E-state index in [2.05, 4.69) is 0 Å². The maximum absolute atomic E-state index is 11.6. The first kappa shape index (κ1) is 13.4. The maximum Gasteiger partial charge on any atom is 0.277 e. The van der Waals surface area contributed by atoms with E-state index in [1.165, 1.54) is 4.31 Å². The average Bonchev–Trinajstić information content (AvgIpc) is 2.15. The highest BCUT2D eigenvalue weighted by Gasteiger charge is 2.26. The predicted molar refractivity (Wildman–Crippen MR) is 59.8 cm³/mol. The molecule has 2 N–H and O–H groups in total. The number of hydrogen-bond donors (Lipinski definition) is 1. The molecule has 0 aromatic heterocycles. The lowest BCUT2D eigenvalue weighted by Crippen LogP contribution is -2.53. The van der Waals surface area contributed by atoms with Gasteiger partial charge in [0.25, 0.3) is 10.2 Å². The van der Waals surface area contributed by atoms with Gasteiger partial charge in [0.2, 0.25) is 5.91 Å². The van der Waals surface area contributed by atoms with Crippen LogP contribution in [0.5, 0.6) is 0 Å². The molecule has 94 valence electrons. The monoisotopic (exact) mass is 250 g/mol. The molecular weight excluding hydrogens is 232 g/mol. The molecule has 8 heteroatoms.